The molecule has 0 aliphatic carbocycles. The Balaban J connectivity index is 0.00000264. The van der Waals surface area contributed by atoms with Crippen LogP contribution < -0.4 is 0 Å². The predicted octanol–water partition coefficient (Wildman–Crippen LogP) is 3.78. The third kappa shape index (κ3) is 4.52. The van der Waals surface area contributed by atoms with E-state index in [2.05, 4.69) is 20.0 Å². The molecule has 0 aromatic carbocycles. The van der Waals surface area contributed by atoms with E-state index in [9.17, 15) is 0 Å². The van der Waals surface area contributed by atoms with Gasteiger partial charge in [-0.05, 0) is 53.4 Å². The van der Waals surface area contributed by atoms with Crippen molar-refractivity contribution in [3.63, 3.8) is 0 Å². The van der Waals surface area contributed by atoms with Crippen molar-refractivity contribution in [2.75, 3.05) is 26.2 Å². The van der Waals surface area contributed by atoms with Crippen LogP contribution in [0.25, 0.3) is 0 Å². The molecule has 2 aliphatic heterocycles. The number of azo groups is 1. The van der Waals surface area contributed by atoms with Crippen LogP contribution in [0.1, 0.15) is 60.8 Å². The van der Waals surface area contributed by atoms with E-state index in [1.807, 2.05) is 27.7 Å². The highest BCUT2D eigenvalue weighted by atomic mass is 15.3. The van der Waals surface area contributed by atoms with Crippen molar-refractivity contribution < 1.29 is 0 Å². The van der Waals surface area contributed by atoms with Gasteiger partial charge in [-0.2, -0.15) is 10.2 Å². The lowest BCUT2D eigenvalue weighted by atomic mass is 10.0. The molecule has 2 rings (SSSR count). The molecular weight excluding hydrogens is 288 g/mol. The summed E-state index contributed by atoms with van der Waals surface area (Å²) in [5, 5.41) is 25.7. The molecule has 0 spiro atoms. The van der Waals surface area contributed by atoms with Crippen LogP contribution in [0.3, 0.4) is 0 Å². The smallest absolute Gasteiger partial charge is 0.132 e. The van der Waals surface area contributed by atoms with Gasteiger partial charge in [-0.3, -0.25) is 10.8 Å². The third-order valence-corrected chi connectivity index (χ3v) is 4.55. The summed E-state index contributed by atoms with van der Waals surface area (Å²) in [4.78, 5) is 4.19. The monoisotopic (exact) mass is 322 g/mol. The van der Waals surface area contributed by atoms with Gasteiger partial charge in [0.05, 0.1) is 0 Å². The van der Waals surface area contributed by atoms with E-state index in [-0.39, 0.29) is 7.43 Å². The second kappa shape index (κ2) is 7.41. The van der Waals surface area contributed by atoms with Crippen molar-refractivity contribution >= 4 is 11.7 Å². The lowest BCUT2D eigenvalue weighted by molar-refractivity contribution is 0.429. The first-order valence-electron chi connectivity index (χ1n) is 8.36. The fourth-order valence-corrected chi connectivity index (χ4v) is 3.00. The summed E-state index contributed by atoms with van der Waals surface area (Å²) < 4.78 is 0. The van der Waals surface area contributed by atoms with E-state index < -0.39 is 11.1 Å². The molecule has 2 N–H and O–H groups in total. The highest BCUT2D eigenvalue weighted by Crippen LogP contribution is 2.23. The number of likely N-dealkylation sites (tertiary alicyclic amines) is 2. The first-order chi connectivity index (χ1) is 10.2. The van der Waals surface area contributed by atoms with E-state index in [4.69, 9.17) is 10.8 Å². The number of hydrogen-bond donors (Lipinski definition) is 2. The zero-order chi connectivity index (χ0) is 16.4. The lowest BCUT2D eigenvalue weighted by Gasteiger charge is -2.31. The fourth-order valence-electron chi connectivity index (χ4n) is 3.00. The Labute approximate surface area is 141 Å². The highest BCUT2D eigenvalue weighted by molar-refractivity contribution is 5.89. The van der Waals surface area contributed by atoms with E-state index in [0.29, 0.717) is 11.7 Å². The van der Waals surface area contributed by atoms with Crippen LogP contribution in [-0.4, -0.2) is 58.7 Å². The van der Waals surface area contributed by atoms with Gasteiger partial charge in [0.2, 0.25) is 0 Å². The van der Waals surface area contributed by atoms with E-state index in [1.54, 1.807) is 0 Å². The number of rotatable bonds is 4. The standard InChI is InChI=1S/C16H30N6.CH4/c1-15(2,13(17)21-9-5-6-10-21)19-20-16(3,4)14(18)22-11-7-8-12-22;/h17-18H,5-12H2,1-4H3;1H4. The minimum Gasteiger partial charge on any atom is -0.358 e. The van der Waals surface area contributed by atoms with Crippen molar-refractivity contribution in [1.29, 1.82) is 10.8 Å². The molecule has 6 nitrogen and oxygen atoms in total. The minimum atomic E-state index is -0.632. The molecule has 2 saturated heterocycles. The van der Waals surface area contributed by atoms with E-state index >= 15 is 0 Å². The number of hydrogen-bond acceptors (Lipinski definition) is 4. The summed E-state index contributed by atoms with van der Waals surface area (Å²) in [6.45, 7) is 11.5. The summed E-state index contributed by atoms with van der Waals surface area (Å²) in [5.41, 5.74) is -1.26. The van der Waals surface area contributed by atoms with Crippen molar-refractivity contribution in [1.82, 2.24) is 9.80 Å². The second-order valence-electron chi connectivity index (χ2n) is 7.40. The van der Waals surface area contributed by atoms with Gasteiger partial charge in [0.1, 0.15) is 22.7 Å². The van der Waals surface area contributed by atoms with Crippen LogP contribution in [-0.2, 0) is 0 Å². The Bertz CT molecular complexity index is 412. The first-order valence-corrected chi connectivity index (χ1v) is 8.36. The van der Waals surface area contributed by atoms with E-state index in [0.717, 1.165) is 51.9 Å². The molecule has 2 heterocycles. The summed E-state index contributed by atoms with van der Waals surface area (Å²) >= 11 is 0. The molecule has 0 atom stereocenters. The van der Waals surface area contributed by atoms with Crippen molar-refractivity contribution in [3.8, 4) is 0 Å². The molecule has 0 amide bonds. The molecule has 23 heavy (non-hydrogen) atoms. The van der Waals surface area contributed by atoms with Crippen LogP contribution in [0.5, 0.6) is 0 Å². The van der Waals surface area contributed by atoms with Crippen LogP contribution in [0.15, 0.2) is 10.2 Å². The van der Waals surface area contributed by atoms with Gasteiger partial charge in [-0.1, -0.05) is 7.43 Å². The minimum absolute atomic E-state index is 0. The van der Waals surface area contributed by atoms with Gasteiger partial charge in [0.15, 0.2) is 0 Å². The maximum absolute atomic E-state index is 8.38. The topological polar surface area (TPSA) is 78.9 Å². The number of amidine groups is 2. The van der Waals surface area contributed by atoms with Gasteiger partial charge in [-0.25, -0.2) is 0 Å². The average molecular weight is 323 g/mol. The maximum Gasteiger partial charge on any atom is 0.132 e. The van der Waals surface area contributed by atoms with Crippen molar-refractivity contribution in [2.45, 2.75) is 71.9 Å². The van der Waals surface area contributed by atoms with Gasteiger partial charge < -0.3 is 9.80 Å². The first kappa shape index (κ1) is 19.6. The Kier molecular flexibility index (Phi) is 6.31. The summed E-state index contributed by atoms with van der Waals surface area (Å²) in [5.74, 6) is 1.08. The largest absolute Gasteiger partial charge is 0.358 e. The molecule has 0 radical (unpaired) electrons. The predicted molar refractivity (Wildman–Crippen MR) is 96.8 cm³/mol. The van der Waals surface area contributed by atoms with E-state index in [1.165, 1.54) is 0 Å². The number of nitrogens with zero attached hydrogens (tertiary/aromatic N) is 4. The summed E-state index contributed by atoms with van der Waals surface area (Å²) in [6.07, 6.45) is 4.61. The highest BCUT2D eigenvalue weighted by Gasteiger charge is 2.33. The Hall–Kier alpha value is -1.46. The average Bonchev–Trinajstić information content (AvgIpc) is 3.16. The molecule has 0 saturated carbocycles. The molecule has 2 fully saturated rings. The molecule has 0 unspecified atom stereocenters. The van der Waals surface area contributed by atoms with Gasteiger partial charge in [-0.15, -0.1) is 0 Å². The molecular formula is C17H34N6. The van der Waals surface area contributed by atoms with Crippen molar-refractivity contribution in [3.05, 3.63) is 0 Å². The Morgan fingerprint density at radius 1 is 0.696 bits per heavy atom. The number of nitrogens with one attached hydrogen (secondary N) is 2. The molecule has 0 aromatic heterocycles. The van der Waals surface area contributed by atoms with Gasteiger partial charge in [0, 0.05) is 26.2 Å². The van der Waals surface area contributed by atoms with Crippen molar-refractivity contribution in [2.24, 2.45) is 10.2 Å². The van der Waals surface area contributed by atoms with Gasteiger partial charge in [0.25, 0.3) is 0 Å². The molecule has 6 heteroatoms. The molecule has 0 bridgehead atoms. The van der Waals surface area contributed by atoms with Crippen LogP contribution >= 0.6 is 0 Å². The van der Waals surface area contributed by atoms with Crippen LogP contribution in [0, 0.1) is 10.8 Å². The maximum atomic E-state index is 8.38. The molecule has 2 aliphatic rings. The zero-order valence-corrected chi connectivity index (χ0v) is 14.4. The Morgan fingerprint density at radius 2 is 0.957 bits per heavy atom. The zero-order valence-electron chi connectivity index (χ0n) is 14.4. The van der Waals surface area contributed by atoms with Gasteiger partial charge >= 0.3 is 0 Å². The quantitative estimate of drug-likeness (QED) is 0.469. The van der Waals surface area contributed by atoms with Crippen LogP contribution in [0.4, 0.5) is 0 Å². The third-order valence-electron chi connectivity index (χ3n) is 4.55. The summed E-state index contributed by atoms with van der Waals surface area (Å²) in [6, 6.07) is 0. The normalized spacial score (nSPS) is 19.3. The Morgan fingerprint density at radius 3 is 1.22 bits per heavy atom. The summed E-state index contributed by atoms with van der Waals surface area (Å²) in [7, 11) is 0. The fraction of sp³-hybridized carbons (Fsp3) is 0.882. The lowest BCUT2D eigenvalue weighted by Crippen LogP contribution is -2.44. The van der Waals surface area contributed by atoms with Crippen LogP contribution in [0.2, 0.25) is 0 Å². The second-order valence-corrected chi connectivity index (χ2v) is 7.40. The molecule has 0 aromatic rings. The SMILES string of the molecule is C.CC(C)(N=NC(C)(C)C(=N)N1CCCC1)C(=N)N1CCCC1. The molecule has 132 valence electrons.